The number of carbonyl (C=O) groups excluding carboxylic acids is 1. The first-order valence-electron chi connectivity index (χ1n) is 8.59. The molecule has 2 rings (SSSR count). The molecule has 0 spiro atoms. The van der Waals surface area contributed by atoms with E-state index >= 15 is 0 Å². The number of hydrogen-bond donors (Lipinski definition) is 2. The zero-order valence-corrected chi connectivity index (χ0v) is 14.1. The van der Waals surface area contributed by atoms with E-state index in [2.05, 4.69) is 20.9 Å². The Labute approximate surface area is 138 Å². The molecular formula is C18H28N4O. The highest BCUT2D eigenvalue weighted by Gasteiger charge is 2.07. The molecule has 0 atom stereocenters. The smallest absolute Gasteiger partial charge is 0.219 e. The second-order valence-corrected chi connectivity index (χ2v) is 5.98. The predicted octanol–water partition coefficient (Wildman–Crippen LogP) is 2.53. The highest BCUT2D eigenvalue weighted by atomic mass is 16.1. The van der Waals surface area contributed by atoms with Crippen LogP contribution in [0.5, 0.6) is 0 Å². The van der Waals surface area contributed by atoms with E-state index in [1.807, 2.05) is 25.2 Å². The van der Waals surface area contributed by atoms with Gasteiger partial charge in [0.25, 0.3) is 0 Å². The lowest BCUT2D eigenvalue weighted by Gasteiger charge is -2.06. The van der Waals surface area contributed by atoms with Crippen LogP contribution in [0.2, 0.25) is 0 Å². The summed E-state index contributed by atoms with van der Waals surface area (Å²) in [7, 11) is 2.05. The Bertz CT molecular complexity index is 621. The molecule has 0 aliphatic heterocycles. The molecule has 0 bridgehead atoms. The summed E-state index contributed by atoms with van der Waals surface area (Å²) in [5.74, 6) is 1.23. The number of imidazole rings is 1. The van der Waals surface area contributed by atoms with E-state index in [0.717, 1.165) is 61.9 Å². The second-order valence-electron chi connectivity index (χ2n) is 5.98. The molecule has 0 unspecified atom stereocenters. The van der Waals surface area contributed by atoms with E-state index in [9.17, 15) is 4.79 Å². The lowest BCUT2D eigenvalue weighted by atomic mass is 10.1. The number of benzene rings is 1. The fourth-order valence-corrected chi connectivity index (χ4v) is 2.77. The number of carbonyl (C=O) groups is 1. The van der Waals surface area contributed by atoms with Crippen molar-refractivity contribution in [3.05, 3.63) is 30.1 Å². The van der Waals surface area contributed by atoms with Crippen LogP contribution < -0.4 is 11.1 Å². The molecule has 1 amide bonds. The van der Waals surface area contributed by atoms with Crippen molar-refractivity contribution in [1.29, 1.82) is 0 Å². The Balaban J connectivity index is 1.64. The zero-order chi connectivity index (χ0) is 16.5. The maximum absolute atomic E-state index is 11.7. The average Bonchev–Trinajstić information content (AvgIpc) is 2.88. The molecule has 1 heterocycles. The molecule has 0 saturated carbocycles. The number of rotatable bonds is 10. The van der Waals surface area contributed by atoms with E-state index in [4.69, 9.17) is 5.73 Å². The first-order valence-corrected chi connectivity index (χ1v) is 8.59. The number of nitrogens with two attached hydrogens (primary N) is 1. The summed E-state index contributed by atoms with van der Waals surface area (Å²) in [5.41, 5.74) is 7.64. The molecule has 126 valence electrons. The van der Waals surface area contributed by atoms with Crippen LogP contribution in [0.1, 0.15) is 44.3 Å². The van der Waals surface area contributed by atoms with Gasteiger partial charge < -0.3 is 15.6 Å². The van der Waals surface area contributed by atoms with Crippen molar-refractivity contribution in [2.45, 2.75) is 44.9 Å². The third kappa shape index (κ3) is 5.36. The van der Waals surface area contributed by atoms with Crippen LogP contribution >= 0.6 is 0 Å². The van der Waals surface area contributed by atoms with Crippen LogP contribution in [0.4, 0.5) is 0 Å². The molecule has 2 aromatic rings. The van der Waals surface area contributed by atoms with Gasteiger partial charge in [-0.1, -0.05) is 25.0 Å². The summed E-state index contributed by atoms with van der Waals surface area (Å²) < 4.78 is 2.13. The fourth-order valence-electron chi connectivity index (χ4n) is 2.77. The SMILES string of the molecule is Cn1c(CCCNC(=O)CCCCCCN)nc2ccccc21. The van der Waals surface area contributed by atoms with Crippen LogP contribution in [0.3, 0.4) is 0 Å². The number of nitrogens with zero attached hydrogens (tertiary/aromatic N) is 2. The Morgan fingerprint density at radius 2 is 1.96 bits per heavy atom. The molecule has 0 aliphatic carbocycles. The first kappa shape index (κ1) is 17.5. The molecule has 0 radical (unpaired) electrons. The number of para-hydroxylation sites is 2. The van der Waals surface area contributed by atoms with Gasteiger partial charge in [0, 0.05) is 26.4 Å². The van der Waals surface area contributed by atoms with Gasteiger partial charge in [0.1, 0.15) is 5.82 Å². The second kappa shape index (κ2) is 9.30. The average molecular weight is 316 g/mol. The number of amides is 1. The topological polar surface area (TPSA) is 72.9 Å². The van der Waals surface area contributed by atoms with Gasteiger partial charge in [-0.25, -0.2) is 4.98 Å². The molecule has 0 fully saturated rings. The van der Waals surface area contributed by atoms with Crippen molar-refractivity contribution >= 4 is 16.9 Å². The molecule has 3 N–H and O–H groups in total. The van der Waals surface area contributed by atoms with Crippen LogP contribution in [-0.4, -0.2) is 28.5 Å². The Kier molecular flexibility index (Phi) is 7.07. The van der Waals surface area contributed by atoms with Gasteiger partial charge in [-0.3, -0.25) is 4.79 Å². The molecule has 23 heavy (non-hydrogen) atoms. The van der Waals surface area contributed by atoms with Gasteiger partial charge in [-0.15, -0.1) is 0 Å². The van der Waals surface area contributed by atoms with Crippen molar-refractivity contribution in [2.24, 2.45) is 12.8 Å². The highest BCUT2D eigenvalue weighted by molar-refractivity contribution is 5.76. The standard InChI is InChI=1S/C18H28N4O/c1-22-16-10-6-5-9-15(16)21-17(22)11-8-14-20-18(23)12-4-2-3-7-13-19/h5-6,9-10H,2-4,7-8,11-14,19H2,1H3,(H,20,23). The predicted molar refractivity (Wildman–Crippen MR) is 94.2 cm³/mol. The normalized spacial score (nSPS) is 11.0. The Hall–Kier alpha value is -1.88. The van der Waals surface area contributed by atoms with Gasteiger partial charge in [-0.05, 0) is 37.9 Å². The minimum Gasteiger partial charge on any atom is -0.356 e. The summed E-state index contributed by atoms with van der Waals surface area (Å²) in [5, 5.41) is 3.00. The molecule has 0 saturated heterocycles. The molecule has 1 aromatic heterocycles. The largest absolute Gasteiger partial charge is 0.356 e. The van der Waals surface area contributed by atoms with Gasteiger partial charge >= 0.3 is 0 Å². The van der Waals surface area contributed by atoms with E-state index in [-0.39, 0.29) is 5.91 Å². The quantitative estimate of drug-likeness (QED) is 0.662. The van der Waals surface area contributed by atoms with Crippen molar-refractivity contribution in [2.75, 3.05) is 13.1 Å². The van der Waals surface area contributed by atoms with Crippen LogP contribution in [0, 0.1) is 0 Å². The monoisotopic (exact) mass is 316 g/mol. The van der Waals surface area contributed by atoms with Crippen molar-refractivity contribution in [3.63, 3.8) is 0 Å². The van der Waals surface area contributed by atoms with E-state index in [0.29, 0.717) is 13.0 Å². The van der Waals surface area contributed by atoms with Gasteiger partial charge in [0.15, 0.2) is 0 Å². The zero-order valence-electron chi connectivity index (χ0n) is 14.1. The summed E-state index contributed by atoms with van der Waals surface area (Å²) >= 11 is 0. The Morgan fingerprint density at radius 1 is 1.17 bits per heavy atom. The summed E-state index contributed by atoms with van der Waals surface area (Å²) in [4.78, 5) is 16.4. The minimum atomic E-state index is 0.155. The van der Waals surface area contributed by atoms with Crippen LogP contribution in [0.15, 0.2) is 24.3 Å². The third-order valence-corrected chi connectivity index (χ3v) is 4.14. The van der Waals surface area contributed by atoms with Crippen LogP contribution in [-0.2, 0) is 18.3 Å². The van der Waals surface area contributed by atoms with E-state index in [1.54, 1.807) is 0 Å². The van der Waals surface area contributed by atoms with E-state index < -0.39 is 0 Å². The van der Waals surface area contributed by atoms with Crippen LogP contribution in [0.25, 0.3) is 11.0 Å². The fraction of sp³-hybridized carbons (Fsp3) is 0.556. The first-order chi connectivity index (χ1) is 11.2. The van der Waals surface area contributed by atoms with Crippen molar-refractivity contribution < 1.29 is 4.79 Å². The number of unbranched alkanes of at least 4 members (excludes halogenated alkanes) is 3. The lowest BCUT2D eigenvalue weighted by Crippen LogP contribution is -2.24. The molecule has 5 nitrogen and oxygen atoms in total. The third-order valence-electron chi connectivity index (χ3n) is 4.14. The molecule has 5 heteroatoms. The number of aromatic nitrogens is 2. The van der Waals surface area contributed by atoms with E-state index in [1.165, 1.54) is 0 Å². The van der Waals surface area contributed by atoms with Gasteiger partial charge in [-0.2, -0.15) is 0 Å². The van der Waals surface area contributed by atoms with Gasteiger partial charge in [0.2, 0.25) is 5.91 Å². The number of nitrogens with one attached hydrogen (secondary N) is 1. The molecule has 0 aliphatic rings. The molecular weight excluding hydrogens is 288 g/mol. The maximum atomic E-state index is 11.7. The maximum Gasteiger partial charge on any atom is 0.219 e. The number of hydrogen-bond acceptors (Lipinski definition) is 3. The van der Waals surface area contributed by atoms with Gasteiger partial charge in [0.05, 0.1) is 11.0 Å². The Morgan fingerprint density at radius 3 is 2.74 bits per heavy atom. The number of fused-ring (bicyclic) bond motifs is 1. The molecule has 1 aromatic carbocycles. The summed E-state index contributed by atoms with van der Waals surface area (Å²) in [6, 6.07) is 8.15. The van der Waals surface area contributed by atoms with Crippen molar-refractivity contribution in [3.8, 4) is 0 Å². The number of aryl methyl sites for hydroxylation is 2. The van der Waals surface area contributed by atoms with Crippen molar-refractivity contribution in [1.82, 2.24) is 14.9 Å². The minimum absolute atomic E-state index is 0.155. The lowest BCUT2D eigenvalue weighted by molar-refractivity contribution is -0.121. The summed E-state index contributed by atoms with van der Waals surface area (Å²) in [6.45, 7) is 1.46. The highest BCUT2D eigenvalue weighted by Crippen LogP contribution is 2.15. The summed E-state index contributed by atoms with van der Waals surface area (Å²) in [6.07, 6.45) is 6.63.